The minimum absolute atomic E-state index is 0.0708. The molecule has 72 valence electrons. The van der Waals surface area contributed by atoms with Crippen LogP contribution in [0.4, 0.5) is 0 Å². The highest BCUT2D eigenvalue weighted by atomic mass is 127. The van der Waals surface area contributed by atoms with E-state index in [2.05, 4.69) is 8.51 Å². The van der Waals surface area contributed by atoms with E-state index in [-0.39, 0.29) is 5.91 Å². The summed E-state index contributed by atoms with van der Waals surface area (Å²) in [6.45, 7) is 1.96. The van der Waals surface area contributed by atoms with Crippen molar-refractivity contribution in [1.82, 2.24) is 8.51 Å². The molecule has 0 radical (unpaired) electrons. The van der Waals surface area contributed by atoms with Crippen LogP contribution in [0.1, 0.15) is 15.4 Å². The Labute approximate surface area is 99.0 Å². The normalized spacial score (nSPS) is 10.4. The maximum Gasteiger partial charge on any atom is 0.259 e. The molecular weight excluding hydrogens is 311 g/mol. The van der Waals surface area contributed by atoms with E-state index in [1.54, 1.807) is 17.4 Å². The molecule has 1 amide bonds. The summed E-state index contributed by atoms with van der Waals surface area (Å²) in [4.78, 5) is 15.7. The summed E-state index contributed by atoms with van der Waals surface area (Å²) in [5.41, 5.74) is 1.63. The number of rotatable bonds is 1. The zero-order valence-corrected chi connectivity index (χ0v) is 10.3. The number of hydrogen-bond acceptors (Lipinski definition) is 3. The van der Waals surface area contributed by atoms with Crippen molar-refractivity contribution in [3.8, 4) is 0 Å². The minimum atomic E-state index is -0.0708. The largest absolute Gasteiger partial charge is 0.295 e. The number of hydrogen-bond donors (Lipinski definition) is 1. The predicted octanol–water partition coefficient (Wildman–Crippen LogP) is 2.68. The van der Waals surface area contributed by atoms with Gasteiger partial charge in [0.1, 0.15) is 0 Å². The number of carbonyl (C=O) groups excluding carboxylic acids is 1. The first kappa shape index (κ1) is 9.85. The maximum absolute atomic E-state index is 11.3. The monoisotopic (exact) mass is 318 g/mol. The third-order valence-corrected chi connectivity index (χ3v) is 3.27. The smallest absolute Gasteiger partial charge is 0.259 e. The zero-order chi connectivity index (χ0) is 10.1. The highest BCUT2D eigenvalue weighted by Gasteiger charge is 2.06. The fourth-order valence-corrected chi connectivity index (χ4v) is 2.41. The van der Waals surface area contributed by atoms with Gasteiger partial charge in [-0.05, 0) is 25.1 Å². The van der Waals surface area contributed by atoms with Gasteiger partial charge in [-0.25, -0.2) is 4.98 Å². The molecule has 0 bridgehead atoms. The third kappa shape index (κ3) is 1.74. The zero-order valence-electron chi connectivity index (χ0n) is 7.37. The Balaban J connectivity index is 2.55. The van der Waals surface area contributed by atoms with Gasteiger partial charge in [-0.1, -0.05) is 0 Å². The van der Waals surface area contributed by atoms with Crippen LogP contribution in [0.2, 0.25) is 0 Å². The van der Waals surface area contributed by atoms with Crippen molar-refractivity contribution in [3.63, 3.8) is 0 Å². The lowest BCUT2D eigenvalue weighted by Crippen LogP contribution is -2.10. The second-order valence-corrected chi connectivity index (χ2v) is 4.61. The van der Waals surface area contributed by atoms with Crippen LogP contribution in [-0.2, 0) is 0 Å². The Morgan fingerprint density at radius 1 is 1.57 bits per heavy atom. The summed E-state index contributed by atoms with van der Waals surface area (Å²) in [6.07, 6.45) is 0. The van der Waals surface area contributed by atoms with Gasteiger partial charge in [0.15, 0.2) is 0 Å². The van der Waals surface area contributed by atoms with Gasteiger partial charge in [0, 0.05) is 5.56 Å². The molecule has 1 N–H and O–H groups in total. The second kappa shape index (κ2) is 3.82. The van der Waals surface area contributed by atoms with Crippen LogP contribution in [0.5, 0.6) is 0 Å². The van der Waals surface area contributed by atoms with Crippen molar-refractivity contribution < 1.29 is 4.79 Å². The van der Waals surface area contributed by atoms with Gasteiger partial charge in [0.25, 0.3) is 5.91 Å². The fourth-order valence-electron chi connectivity index (χ4n) is 1.24. The van der Waals surface area contributed by atoms with E-state index in [4.69, 9.17) is 0 Å². The lowest BCUT2D eigenvalue weighted by Gasteiger charge is -1.96. The Kier molecular flexibility index (Phi) is 2.69. The molecule has 2 rings (SSSR count). The van der Waals surface area contributed by atoms with Crippen LogP contribution in [-0.4, -0.2) is 10.9 Å². The van der Waals surface area contributed by atoms with E-state index in [1.165, 1.54) is 0 Å². The fraction of sp³-hybridized carbons (Fsp3) is 0.111. The first-order valence-electron chi connectivity index (χ1n) is 3.99. The molecule has 0 unspecified atom stereocenters. The molecule has 0 aliphatic rings. The second-order valence-electron chi connectivity index (χ2n) is 2.84. The quantitative estimate of drug-likeness (QED) is 0.649. The van der Waals surface area contributed by atoms with Crippen LogP contribution in [0.15, 0.2) is 18.2 Å². The van der Waals surface area contributed by atoms with Crippen molar-refractivity contribution in [1.29, 1.82) is 0 Å². The number of halogens is 1. The van der Waals surface area contributed by atoms with Crippen LogP contribution < -0.4 is 3.53 Å². The van der Waals surface area contributed by atoms with Crippen molar-refractivity contribution in [2.45, 2.75) is 6.92 Å². The number of nitrogens with zero attached hydrogens (tertiary/aromatic N) is 1. The average Bonchev–Trinajstić information content (AvgIpc) is 2.55. The Hall–Kier alpha value is -0.690. The molecule has 1 aromatic carbocycles. The number of thiazole rings is 1. The van der Waals surface area contributed by atoms with Crippen molar-refractivity contribution in [3.05, 3.63) is 28.8 Å². The van der Waals surface area contributed by atoms with Gasteiger partial charge in [0.2, 0.25) is 0 Å². The van der Waals surface area contributed by atoms with Crippen molar-refractivity contribution >= 4 is 50.3 Å². The van der Waals surface area contributed by atoms with Crippen LogP contribution in [0, 0.1) is 6.92 Å². The minimum Gasteiger partial charge on any atom is -0.295 e. The highest BCUT2D eigenvalue weighted by molar-refractivity contribution is 14.1. The molecule has 2 aromatic rings. The highest BCUT2D eigenvalue weighted by Crippen LogP contribution is 2.22. The lowest BCUT2D eigenvalue weighted by molar-refractivity contribution is 0.0990. The molecular formula is C9H7IN2OS. The lowest BCUT2D eigenvalue weighted by atomic mass is 10.2. The van der Waals surface area contributed by atoms with E-state index in [0.29, 0.717) is 5.56 Å². The van der Waals surface area contributed by atoms with Gasteiger partial charge in [-0.2, -0.15) is 0 Å². The summed E-state index contributed by atoms with van der Waals surface area (Å²) in [7, 11) is 0. The molecule has 5 heteroatoms. The standard InChI is InChI=1S/C9H7IN2OS/c1-5-11-7-3-2-6(9(13)12-10)4-8(7)14-5/h2-4H,1H3,(H,12,13). The van der Waals surface area contributed by atoms with Gasteiger partial charge in [-0.15, -0.1) is 11.3 Å². The van der Waals surface area contributed by atoms with E-state index in [0.717, 1.165) is 15.2 Å². The molecule has 3 nitrogen and oxygen atoms in total. The van der Waals surface area contributed by atoms with Crippen LogP contribution in [0.25, 0.3) is 10.2 Å². The number of carbonyl (C=O) groups is 1. The Morgan fingerprint density at radius 3 is 3.07 bits per heavy atom. The van der Waals surface area contributed by atoms with E-state index >= 15 is 0 Å². The molecule has 0 saturated carbocycles. The number of fused-ring (bicyclic) bond motifs is 1. The molecule has 0 aliphatic carbocycles. The number of benzene rings is 1. The Bertz CT molecular complexity index is 495. The van der Waals surface area contributed by atoms with Crippen molar-refractivity contribution in [2.24, 2.45) is 0 Å². The molecule has 0 saturated heterocycles. The topological polar surface area (TPSA) is 42.0 Å². The van der Waals surface area contributed by atoms with Crippen LogP contribution >= 0.6 is 34.2 Å². The SMILES string of the molecule is Cc1nc2ccc(C(=O)NI)cc2s1. The molecule has 14 heavy (non-hydrogen) atoms. The molecule has 0 aliphatic heterocycles. The number of aromatic nitrogens is 1. The Morgan fingerprint density at radius 2 is 2.36 bits per heavy atom. The van der Waals surface area contributed by atoms with Crippen molar-refractivity contribution in [2.75, 3.05) is 0 Å². The van der Waals surface area contributed by atoms with Gasteiger partial charge in [-0.3, -0.25) is 8.32 Å². The summed E-state index contributed by atoms with van der Waals surface area (Å²) < 4.78 is 3.62. The third-order valence-electron chi connectivity index (χ3n) is 1.84. The van der Waals surface area contributed by atoms with E-state index in [9.17, 15) is 4.79 Å². The van der Waals surface area contributed by atoms with Gasteiger partial charge < -0.3 is 0 Å². The predicted molar refractivity (Wildman–Crippen MR) is 65.8 cm³/mol. The van der Waals surface area contributed by atoms with Gasteiger partial charge >= 0.3 is 0 Å². The summed E-state index contributed by atoms with van der Waals surface area (Å²) in [5.74, 6) is -0.0708. The molecule has 1 aromatic heterocycles. The number of amides is 1. The summed E-state index contributed by atoms with van der Waals surface area (Å²) in [5, 5.41) is 1.02. The molecule has 0 spiro atoms. The first-order chi connectivity index (χ1) is 6.70. The number of aryl methyl sites for hydroxylation is 1. The summed E-state index contributed by atoms with van der Waals surface area (Å²) in [6, 6.07) is 5.53. The first-order valence-corrected chi connectivity index (χ1v) is 5.88. The van der Waals surface area contributed by atoms with Gasteiger partial charge in [0.05, 0.1) is 38.1 Å². The average molecular weight is 318 g/mol. The van der Waals surface area contributed by atoms with E-state index in [1.807, 2.05) is 41.9 Å². The summed E-state index contributed by atoms with van der Waals surface area (Å²) >= 11 is 3.43. The maximum atomic E-state index is 11.3. The molecule has 0 fully saturated rings. The van der Waals surface area contributed by atoms with Crippen LogP contribution in [0.3, 0.4) is 0 Å². The van der Waals surface area contributed by atoms with E-state index < -0.39 is 0 Å². The molecule has 1 heterocycles. The number of nitrogens with one attached hydrogen (secondary N) is 1. The molecule has 0 atom stereocenters.